The summed E-state index contributed by atoms with van der Waals surface area (Å²) in [5, 5.41) is 2.82. The Morgan fingerprint density at radius 3 is 2.10 bits per heavy atom. The second kappa shape index (κ2) is 8.57. The standard InChI is InChI=1S/C24H24F2N2O3/c25-18-9-5-10-19(26)21(18)24(12-3-4-13-24)15-27-20(29)11-6-14-28-22(30)16-7-1-2-8-17(16)23(28)31/h1-2,5,7-10H,3-4,6,11-15H2,(H,27,29). The van der Waals surface area contributed by atoms with Gasteiger partial charge in [-0.15, -0.1) is 0 Å². The van der Waals surface area contributed by atoms with Crippen LogP contribution in [0.4, 0.5) is 8.78 Å². The Labute approximate surface area is 179 Å². The number of halogens is 2. The van der Waals surface area contributed by atoms with Crippen LogP contribution in [0.5, 0.6) is 0 Å². The van der Waals surface area contributed by atoms with E-state index in [0.717, 1.165) is 17.7 Å². The second-order valence-corrected chi connectivity index (χ2v) is 8.27. The van der Waals surface area contributed by atoms with Gasteiger partial charge in [-0.3, -0.25) is 19.3 Å². The van der Waals surface area contributed by atoms with Crippen molar-refractivity contribution in [1.82, 2.24) is 10.2 Å². The van der Waals surface area contributed by atoms with E-state index in [-0.39, 0.29) is 42.8 Å². The van der Waals surface area contributed by atoms with Crippen molar-refractivity contribution in [3.63, 3.8) is 0 Å². The molecule has 1 heterocycles. The van der Waals surface area contributed by atoms with Crippen LogP contribution in [0.2, 0.25) is 0 Å². The van der Waals surface area contributed by atoms with Gasteiger partial charge in [0.1, 0.15) is 11.6 Å². The molecule has 1 fully saturated rings. The lowest BCUT2D eigenvalue weighted by atomic mass is 9.78. The highest BCUT2D eigenvalue weighted by Crippen LogP contribution is 2.42. The number of carbonyl (C=O) groups excluding carboxylic acids is 3. The Morgan fingerprint density at radius 1 is 0.935 bits per heavy atom. The molecular formula is C24H24F2N2O3. The van der Waals surface area contributed by atoms with Gasteiger partial charge in [-0.1, -0.05) is 31.0 Å². The van der Waals surface area contributed by atoms with E-state index in [1.165, 1.54) is 18.2 Å². The van der Waals surface area contributed by atoms with Crippen molar-refractivity contribution < 1.29 is 23.2 Å². The average molecular weight is 426 g/mol. The number of benzene rings is 2. The molecule has 1 saturated carbocycles. The van der Waals surface area contributed by atoms with Gasteiger partial charge in [0.2, 0.25) is 5.91 Å². The number of nitrogens with zero attached hydrogens (tertiary/aromatic N) is 1. The number of rotatable bonds is 7. The molecular weight excluding hydrogens is 402 g/mol. The third kappa shape index (κ3) is 3.96. The summed E-state index contributed by atoms with van der Waals surface area (Å²) >= 11 is 0. The fraction of sp³-hybridized carbons (Fsp3) is 0.375. The first-order valence-electron chi connectivity index (χ1n) is 10.6. The quantitative estimate of drug-likeness (QED) is 0.682. The number of carbonyl (C=O) groups is 3. The number of imide groups is 1. The smallest absolute Gasteiger partial charge is 0.261 e. The number of hydrogen-bond acceptors (Lipinski definition) is 3. The van der Waals surface area contributed by atoms with Crippen molar-refractivity contribution in [2.75, 3.05) is 13.1 Å². The van der Waals surface area contributed by atoms with Gasteiger partial charge in [-0.25, -0.2) is 8.78 Å². The minimum Gasteiger partial charge on any atom is -0.355 e. The summed E-state index contributed by atoms with van der Waals surface area (Å²) in [6.45, 7) is 0.309. The van der Waals surface area contributed by atoms with Crippen molar-refractivity contribution in [3.05, 3.63) is 70.8 Å². The zero-order chi connectivity index (χ0) is 22.0. The van der Waals surface area contributed by atoms with Crippen molar-refractivity contribution in [2.24, 2.45) is 0 Å². The van der Waals surface area contributed by atoms with Gasteiger partial charge in [0.05, 0.1) is 11.1 Å². The maximum Gasteiger partial charge on any atom is 0.261 e. The van der Waals surface area contributed by atoms with Crippen LogP contribution in [0, 0.1) is 11.6 Å². The predicted molar refractivity (Wildman–Crippen MR) is 111 cm³/mol. The highest BCUT2D eigenvalue weighted by atomic mass is 19.1. The molecule has 0 atom stereocenters. The Kier molecular flexibility index (Phi) is 5.85. The van der Waals surface area contributed by atoms with E-state index >= 15 is 0 Å². The number of hydrogen-bond donors (Lipinski definition) is 1. The van der Waals surface area contributed by atoms with Gasteiger partial charge in [0.25, 0.3) is 11.8 Å². The van der Waals surface area contributed by atoms with E-state index in [1.54, 1.807) is 24.3 Å². The Hall–Kier alpha value is -3.09. The minimum atomic E-state index is -0.742. The molecule has 0 aromatic heterocycles. The topological polar surface area (TPSA) is 66.5 Å². The van der Waals surface area contributed by atoms with Crippen LogP contribution in [0.3, 0.4) is 0 Å². The van der Waals surface area contributed by atoms with Gasteiger partial charge < -0.3 is 5.32 Å². The molecule has 0 saturated heterocycles. The number of nitrogens with one attached hydrogen (secondary N) is 1. The molecule has 0 bridgehead atoms. The predicted octanol–water partition coefficient (Wildman–Crippen LogP) is 3.97. The fourth-order valence-corrected chi connectivity index (χ4v) is 4.77. The van der Waals surface area contributed by atoms with Crippen LogP contribution in [-0.4, -0.2) is 35.7 Å². The molecule has 0 spiro atoms. The summed E-state index contributed by atoms with van der Waals surface area (Å²) in [7, 11) is 0. The summed E-state index contributed by atoms with van der Waals surface area (Å²) in [5.41, 5.74) is 0.0751. The largest absolute Gasteiger partial charge is 0.355 e. The average Bonchev–Trinajstić information content (AvgIpc) is 3.32. The maximum atomic E-state index is 14.4. The lowest BCUT2D eigenvalue weighted by Gasteiger charge is -2.30. The molecule has 1 aliphatic carbocycles. The summed E-state index contributed by atoms with van der Waals surface area (Å²) in [6, 6.07) is 10.5. The van der Waals surface area contributed by atoms with E-state index < -0.39 is 17.0 Å². The van der Waals surface area contributed by atoms with Gasteiger partial charge in [0.15, 0.2) is 0 Å². The normalized spacial score (nSPS) is 17.2. The van der Waals surface area contributed by atoms with Crippen LogP contribution in [0.25, 0.3) is 0 Å². The molecule has 2 aromatic rings. The summed E-state index contributed by atoms with van der Waals surface area (Å²) < 4.78 is 28.8. The van der Waals surface area contributed by atoms with E-state index in [0.29, 0.717) is 30.4 Å². The third-order valence-electron chi connectivity index (χ3n) is 6.34. The van der Waals surface area contributed by atoms with Gasteiger partial charge >= 0.3 is 0 Å². The van der Waals surface area contributed by atoms with Gasteiger partial charge in [0, 0.05) is 30.5 Å². The zero-order valence-corrected chi connectivity index (χ0v) is 17.1. The molecule has 2 aromatic carbocycles. The van der Waals surface area contributed by atoms with Gasteiger partial charge in [-0.2, -0.15) is 0 Å². The SMILES string of the molecule is O=C(CCCN1C(=O)c2ccccc2C1=O)NCC1(c2c(F)cccc2F)CCCC1. The van der Waals surface area contributed by atoms with Crippen molar-refractivity contribution in [1.29, 1.82) is 0 Å². The van der Waals surface area contributed by atoms with Crippen LogP contribution in [0.15, 0.2) is 42.5 Å². The molecule has 2 aliphatic rings. The van der Waals surface area contributed by atoms with E-state index in [9.17, 15) is 23.2 Å². The van der Waals surface area contributed by atoms with Crippen molar-refractivity contribution >= 4 is 17.7 Å². The molecule has 31 heavy (non-hydrogen) atoms. The Morgan fingerprint density at radius 2 is 1.52 bits per heavy atom. The molecule has 5 nitrogen and oxygen atoms in total. The number of amides is 3. The molecule has 1 aliphatic heterocycles. The molecule has 7 heteroatoms. The Balaban J connectivity index is 1.33. The van der Waals surface area contributed by atoms with Crippen molar-refractivity contribution in [2.45, 2.75) is 43.9 Å². The van der Waals surface area contributed by atoms with E-state index in [1.807, 2.05) is 0 Å². The fourth-order valence-electron chi connectivity index (χ4n) is 4.77. The summed E-state index contributed by atoms with van der Waals surface area (Å²) in [6.07, 6.45) is 3.36. The lowest BCUT2D eigenvalue weighted by molar-refractivity contribution is -0.121. The summed E-state index contributed by atoms with van der Waals surface area (Å²) in [4.78, 5) is 38.3. The highest BCUT2D eigenvalue weighted by molar-refractivity contribution is 6.21. The molecule has 3 amide bonds. The van der Waals surface area contributed by atoms with E-state index in [2.05, 4.69) is 5.32 Å². The van der Waals surface area contributed by atoms with Gasteiger partial charge in [-0.05, 0) is 43.5 Å². The van der Waals surface area contributed by atoms with Crippen LogP contribution >= 0.6 is 0 Å². The first-order chi connectivity index (χ1) is 14.9. The second-order valence-electron chi connectivity index (χ2n) is 8.27. The molecule has 0 radical (unpaired) electrons. The molecule has 1 N–H and O–H groups in total. The van der Waals surface area contributed by atoms with Crippen LogP contribution in [0.1, 0.15) is 64.8 Å². The first-order valence-corrected chi connectivity index (χ1v) is 10.6. The highest BCUT2D eigenvalue weighted by Gasteiger charge is 2.40. The van der Waals surface area contributed by atoms with E-state index in [4.69, 9.17) is 0 Å². The Bertz CT molecular complexity index is 976. The monoisotopic (exact) mass is 426 g/mol. The summed E-state index contributed by atoms with van der Waals surface area (Å²) in [5.74, 6) is -2.12. The zero-order valence-electron chi connectivity index (χ0n) is 17.1. The lowest BCUT2D eigenvalue weighted by Crippen LogP contribution is -2.40. The third-order valence-corrected chi connectivity index (χ3v) is 6.34. The first kappa shape index (κ1) is 21.2. The minimum absolute atomic E-state index is 0.0545. The molecule has 4 rings (SSSR count). The maximum absolute atomic E-state index is 14.4. The molecule has 162 valence electrons. The number of fused-ring (bicyclic) bond motifs is 1. The van der Waals surface area contributed by atoms with Crippen molar-refractivity contribution in [3.8, 4) is 0 Å². The van der Waals surface area contributed by atoms with Crippen LogP contribution in [-0.2, 0) is 10.2 Å². The van der Waals surface area contributed by atoms with Crippen LogP contribution < -0.4 is 5.32 Å². The molecule has 0 unspecified atom stereocenters.